The number of hydrogen-bond acceptors (Lipinski definition) is 2. The van der Waals surface area contributed by atoms with E-state index in [1.807, 2.05) is 32.0 Å². The second-order valence-electron chi connectivity index (χ2n) is 4.71. The van der Waals surface area contributed by atoms with Crippen LogP contribution in [0.1, 0.15) is 37.8 Å². The summed E-state index contributed by atoms with van der Waals surface area (Å²) in [5, 5.41) is 2.97. The van der Waals surface area contributed by atoms with Crippen molar-refractivity contribution in [2.24, 2.45) is 11.7 Å². The summed E-state index contributed by atoms with van der Waals surface area (Å²) in [5.41, 5.74) is 8.09. The first kappa shape index (κ1) is 15.3. The Morgan fingerprint density at radius 1 is 1.47 bits per heavy atom. The molecule has 0 aliphatic heterocycles. The molecule has 1 amide bonds. The highest BCUT2D eigenvalue weighted by Gasteiger charge is 2.12. The van der Waals surface area contributed by atoms with Crippen LogP contribution < -0.4 is 11.1 Å². The van der Waals surface area contributed by atoms with Gasteiger partial charge in [0.25, 0.3) is 0 Å². The smallest absolute Gasteiger partial charge is 0.227 e. The molecule has 0 fully saturated rings. The fourth-order valence-electron chi connectivity index (χ4n) is 1.81. The van der Waals surface area contributed by atoms with Crippen molar-refractivity contribution in [3.8, 4) is 11.8 Å². The van der Waals surface area contributed by atoms with Gasteiger partial charge in [-0.1, -0.05) is 38.2 Å². The van der Waals surface area contributed by atoms with E-state index in [0.717, 1.165) is 29.7 Å². The molecule has 1 aromatic carbocycles. The molecule has 1 aromatic rings. The van der Waals surface area contributed by atoms with E-state index in [2.05, 4.69) is 24.1 Å². The summed E-state index contributed by atoms with van der Waals surface area (Å²) in [7, 11) is 0. The number of rotatable bonds is 4. The lowest BCUT2D eigenvalue weighted by atomic mass is 10.0. The highest BCUT2D eigenvalue weighted by Crippen LogP contribution is 2.18. The molecule has 0 aliphatic rings. The van der Waals surface area contributed by atoms with E-state index in [1.54, 1.807) is 0 Å². The number of nitrogens with one attached hydrogen (secondary N) is 1. The molecule has 3 heteroatoms. The van der Waals surface area contributed by atoms with Gasteiger partial charge in [-0.05, 0) is 31.0 Å². The summed E-state index contributed by atoms with van der Waals surface area (Å²) in [5.74, 6) is 5.88. The Hall–Kier alpha value is -1.79. The molecule has 1 unspecified atom stereocenters. The van der Waals surface area contributed by atoms with Gasteiger partial charge in [0.15, 0.2) is 0 Å². The quantitative estimate of drug-likeness (QED) is 0.816. The number of carbonyl (C=O) groups is 1. The normalized spacial score (nSPS) is 11.4. The van der Waals surface area contributed by atoms with Crippen LogP contribution in [0.2, 0.25) is 0 Å². The van der Waals surface area contributed by atoms with Crippen LogP contribution in [-0.2, 0) is 4.79 Å². The van der Waals surface area contributed by atoms with Crippen LogP contribution in [0.3, 0.4) is 0 Å². The fourth-order valence-corrected chi connectivity index (χ4v) is 1.81. The fraction of sp³-hybridized carbons (Fsp3) is 0.438. The molecule has 0 aliphatic carbocycles. The van der Waals surface area contributed by atoms with Crippen LogP contribution in [0.5, 0.6) is 0 Å². The first-order chi connectivity index (χ1) is 9.08. The van der Waals surface area contributed by atoms with Crippen molar-refractivity contribution in [3.63, 3.8) is 0 Å². The van der Waals surface area contributed by atoms with Crippen molar-refractivity contribution in [1.29, 1.82) is 0 Å². The minimum absolute atomic E-state index is 0.0307. The van der Waals surface area contributed by atoms with Crippen molar-refractivity contribution < 1.29 is 4.79 Å². The van der Waals surface area contributed by atoms with E-state index in [4.69, 9.17) is 5.73 Å². The number of nitrogens with two attached hydrogens (primary N) is 1. The number of amides is 1. The Balaban J connectivity index is 2.85. The molecule has 0 spiro atoms. The summed E-state index contributed by atoms with van der Waals surface area (Å²) in [6.07, 6.45) is 1.91. The molecule has 0 aromatic heterocycles. The van der Waals surface area contributed by atoms with E-state index in [1.165, 1.54) is 0 Å². The lowest BCUT2D eigenvalue weighted by molar-refractivity contribution is -0.119. The lowest BCUT2D eigenvalue weighted by Gasteiger charge is -2.13. The summed E-state index contributed by atoms with van der Waals surface area (Å²) in [6, 6.07) is 5.79. The molecular weight excluding hydrogens is 236 g/mol. The van der Waals surface area contributed by atoms with Crippen LogP contribution in [0, 0.1) is 24.7 Å². The molecular formula is C16H22N2O. The van der Waals surface area contributed by atoms with Crippen molar-refractivity contribution >= 4 is 11.6 Å². The molecule has 3 N–H and O–H groups in total. The molecule has 1 rings (SSSR count). The number of benzene rings is 1. The Morgan fingerprint density at radius 3 is 2.84 bits per heavy atom. The maximum Gasteiger partial charge on any atom is 0.227 e. The standard InChI is InChI=1S/C16H22N2O/c1-4-6-13(3)16(19)18-15-11-14(7-5-10-17)9-8-12(15)2/h8-9,11,13H,4,6,10,17H2,1-3H3,(H,18,19). The minimum atomic E-state index is 0.0307. The van der Waals surface area contributed by atoms with Gasteiger partial charge in [0.1, 0.15) is 0 Å². The summed E-state index contributed by atoms with van der Waals surface area (Å²) >= 11 is 0. The van der Waals surface area contributed by atoms with Crippen LogP contribution in [0.25, 0.3) is 0 Å². The molecule has 3 nitrogen and oxygen atoms in total. The van der Waals surface area contributed by atoms with Gasteiger partial charge in [0.05, 0.1) is 6.54 Å². The average molecular weight is 258 g/mol. The van der Waals surface area contributed by atoms with Crippen molar-refractivity contribution in [2.75, 3.05) is 11.9 Å². The zero-order chi connectivity index (χ0) is 14.3. The van der Waals surface area contributed by atoms with E-state index < -0.39 is 0 Å². The molecule has 102 valence electrons. The maximum absolute atomic E-state index is 12.0. The molecule has 0 saturated heterocycles. The third kappa shape index (κ3) is 4.76. The van der Waals surface area contributed by atoms with Crippen molar-refractivity contribution in [2.45, 2.75) is 33.6 Å². The van der Waals surface area contributed by atoms with Crippen molar-refractivity contribution in [3.05, 3.63) is 29.3 Å². The summed E-state index contributed by atoms with van der Waals surface area (Å²) in [4.78, 5) is 12.0. The number of aryl methyl sites for hydroxylation is 1. The van der Waals surface area contributed by atoms with Gasteiger partial charge in [-0.2, -0.15) is 0 Å². The van der Waals surface area contributed by atoms with Crippen LogP contribution in [0.4, 0.5) is 5.69 Å². The largest absolute Gasteiger partial charge is 0.326 e. The lowest BCUT2D eigenvalue weighted by Crippen LogP contribution is -2.20. The molecule has 19 heavy (non-hydrogen) atoms. The maximum atomic E-state index is 12.0. The number of anilines is 1. The van der Waals surface area contributed by atoms with Crippen LogP contribution in [0.15, 0.2) is 18.2 Å². The highest BCUT2D eigenvalue weighted by atomic mass is 16.1. The molecule has 0 radical (unpaired) electrons. The van der Waals surface area contributed by atoms with Gasteiger partial charge in [-0.3, -0.25) is 4.79 Å². The van der Waals surface area contributed by atoms with Gasteiger partial charge < -0.3 is 11.1 Å². The SMILES string of the molecule is CCCC(C)C(=O)Nc1cc(C#CCN)ccc1C. The molecule has 1 atom stereocenters. The van der Waals surface area contributed by atoms with Crippen molar-refractivity contribution in [1.82, 2.24) is 0 Å². The Labute approximate surface area is 115 Å². The summed E-state index contributed by atoms with van der Waals surface area (Å²) in [6.45, 7) is 6.34. The second-order valence-corrected chi connectivity index (χ2v) is 4.71. The molecule has 0 bridgehead atoms. The Kier molecular flexibility index (Phi) is 6.11. The molecule has 0 heterocycles. The first-order valence-corrected chi connectivity index (χ1v) is 6.69. The topological polar surface area (TPSA) is 55.1 Å². The average Bonchev–Trinajstić information content (AvgIpc) is 2.39. The molecule has 0 saturated carbocycles. The monoisotopic (exact) mass is 258 g/mol. The minimum Gasteiger partial charge on any atom is -0.326 e. The van der Waals surface area contributed by atoms with Crippen LogP contribution >= 0.6 is 0 Å². The predicted octanol–water partition coefficient (Wildman–Crippen LogP) is 2.68. The zero-order valence-electron chi connectivity index (χ0n) is 11.9. The van der Waals surface area contributed by atoms with E-state index >= 15 is 0 Å². The van der Waals surface area contributed by atoms with Gasteiger partial charge >= 0.3 is 0 Å². The van der Waals surface area contributed by atoms with Gasteiger partial charge in [0, 0.05) is 17.2 Å². The second kappa shape index (κ2) is 7.60. The third-order valence-corrected chi connectivity index (χ3v) is 3.00. The van der Waals surface area contributed by atoms with E-state index in [-0.39, 0.29) is 11.8 Å². The van der Waals surface area contributed by atoms with Gasteiger partial charge in [0.2, 0.25) is 5.91 Å². The van der Waals surface area contributed by atoms with E-state index in [0.29, 0.717) is 6.54 Å². The predicted molar refractivity (Wildman–Crippen MR) is 79.8 cm³/mol. The van der Waals surface area contributed by atoms with Crippen LogP contribution in [-0.4, -0.2) is 12.5 Å². The van der Waals surface area contributed by atoms with Gasteiger partial charge in [-0.25, -0.2) is 0 Å². The number of hydrogen-bond donors (Lipinski definition) is 2. The Bertz CT molecular complexity index is 497. The first-order valence-electron chi connectivity index (χ1n) is 6.69. The Morgan fingerprint density at radius 2 is 2.21 bits per heavy atom. The zero-order valence-corrected chi connectivity index (χ0v) is 11.9. The summed E-state index contributed by atoms with van der Waals surface area (Å²) < 4.78 is 0. The third-order valence-electron chi connectivity index (χ3n) is 3.00. The number of carbonyl (C=O) groups excluding carboxylic acids is 1. The van der Waals surface area contributed by atoms with E-state index in [9.17, 15) is 4.79 Å². The highest BCUT2D eigenvalue weighted by molar-refractivity contribution is 5.93. The van der Waals surface area contributed by atoms with Gasteiger partial charge in [-0.15, -0.1) is 0 Å².